The number of nitrogens with one attached hydrogen (secondary N) is 1. The van der Waals surface area contributed by atoms with E-state index >= 15 is 0 Å². The van der Waals surface area contributed by atoms with Gasteiger partial charge in [-0.2, -0.15) is 0 Å². The molecule has 1 saturated heterocycles. The molecular weight excluding hydrogens is 394 g/mol. The van der Waals surface area contributed by atoms with Gasteiger partial charge in [0.25, 0.3) is 11.8 Å². The van der Waals surface area contributed by atoms with Gasteiger partial charge in [-0.05, 0) is 49.1 Å². The van der Waals surface area contributed by atoms with Crippen LogP contribution in [-0.4, -0.2) is 53.1 Å². The van der Waals surface area contributed by atoms with E-state index in [1.807, 2.05) is 17.0 Å². The number of fused-ring (bicyclic) bond motifs is 1. The molecule has 2 aromatic rings. The molecule has 0 atom stereocenters. The predicted molar refractivity (Wildman–Crippen MR) is 116 cm³/mol. The molecule has 2 heterocycles. The topological polar surface area (TPSA) is 86.8 Å². The Kier molecular flexibility index (Phi) is 6.11. The van der Waals surface area contributed by atoms with Crippen LogP contribution in [0.25, 0.3) is 0 Å². The Morgan fingerprint density at radius 3 is 2.10 bits per heavy atom. The van der Waals surface area contributed by atoms with Crippen LogP contribution in [0.1, 0.15) is 52.0 Å². The van der Waals surface area contributed by atoms with Crippen molar-refractivity contribution in [3.63, 3.8) is 0 Å². The van der Waals surface area contributed by atoms with Gasteiger partial charge in [0, 0.05) is 31.7 Å². The molecule has 31 heavy (non-hydrogen) atoms. The lowest BCUT2D eigenvalue weighted by Gasteiger charge is -2.15. The van der Waals surface area contributed by atoms with Crippen LogP contribution in [0.3, 0.4) is 0 Å². The third kappa shape index (κ3) is 4.66. The van der Waals surface area contributed by atoms with E-state index in [9.17, 15) is 19.2 Å². The molecule has 0 radical (unpaired) electrons. The van der Waals surface area contributed by atoms with Crippen molar-refractivity contribution < 1.29 is 19.2 Å². The van der Waals surface area contributed by atoms with Crippen LogP contribution in [0.2, 0.25) is 0 Å². The molecule has 7 nitrogen and oxygen atoms in total. The maximum atomic E-state index is 12.3. The summed E-state index contributed by atoms with van der Waals surface area (Å²) in [5.41, 5.74) is 2.41. The van der Waals surface area contributed by atoms with Gasteiger partial charge in [0.1, 0.15) is 0 Å². The zero-order valence-corrected chi connectivity index (χ0v) is 17.3. The zero-order chi connectivity index (χ0) is 21.8. The van der Waals surface area contributed by atoms with Crippen LogP contribution in [0.4, 0.5) is 5.69 Å². The second kappa shape index (κ2) is 9.12. The fourth-order valence-corrected chi connectivity index (χ4v) is 4.02. The fraction of sp³-hybridized carbons (Fsp3) is 0.333. The van der Waals surface area contributed by atoms with Crippen molar-refractivity contribution in [1.29, 1.82) is 0 Å². The maximum absolute atomic E-state index is 12.3. The van der Waals surface area contributed by atoms with E-state index in [1.54, 1.807) is 36.4 Å². The molecule has 0 unspecified atom stereocenters. The van der Waals surface area contributed by atoms with Crippen LogP contribution in [0, 0.1) is 0 Å². The van der Waals surface area contributed by atoms with Gasteiger partial charge >= 0.3 is 0 Å². The molecule has 0 aliphatic carbocycles. The summed E-state index contributed by atoms with van der Waals surface area (Å²) in [5.74, 6) is -0.653. The van der Waals surface area contributed by atoms with Crippen molar-refractivity contribution in [2.24, 2.45) is 0 Å². The summed E-state index contributed by atoms with van der Waals surface area (Å²) in [6, 6.07) is 14.0. The minimum Gasteiger partial charge on any atom is -0.342 e. The number of rotatable bonds is 7. The number of carbonyl (C=O) groups excluding carboxylic acids is 4. The first-order valence-electron chi connectivity index (χ1n) is 10.6. The van der Waals surface area contributed by atoms with Gasteiger partial charge in [0.2, 0.25) is 11.8 Å². The molecule has 0 spiro atoms. The number of hydrogen-bond donors (Lipinski definition) is 1. The van der Waals surface area contributed by atoms with Gasteiger partial charge in [0.15, 0.2) is 0 Å². The van der Waals surface area contributed by atoms with E-state index < -0.39 is 0 Å². The summed E-state index contributed by atoms with van der Waals surface area (Å²) in [7, 11) is 0. The molecule has 0 aromatic heterocycles. The molecular formula is C24H25N3O4. The largest absolute Gasteiger partial charge is 0.342 e. The molecule has 1 fully saturated rings. The number of imide groups is 1. The van der Waals surface area contributed by atoms with Gasteiger partial charge in [-0.25, -0.2) is 0 Å². The number of likely N-dealkylation sites (tertiary alicyclic amines) is 1. The number of benzene rings is 2. The number of anilines is 1. The molecule has 2 aliphatic heterocycles. The van der Waals surface area contributed by atoms with Gasteiger partial charge in [0.05, 0.1) is 17.5 Å². The Bertz CT molecular complexity index is 975. The highest BCUT2D eigenvalue weighted by molar-refractivity contribution is 6.21. The molecule has 0 saturated carbocycles. The summed E-state index contributed by atoms with van der Waals surface area (Å²) in [4.78, 5) is 52.3. The van der Waals surface area contributed by atoms with Gasteiger partial charge < -0.3 is 10.2 Å². The Morgan fingerprint density at radius 2 is 1.48 bits per heavy atom. The van der Waals surface area contributed by atoms with Crippen molar-refractivity contribution in [3.05, 3.63) is 65.2 Å². The fourth-order valence-electron chi connectivity index (χ4n) is 4.02. The smallest absolute Gasteiger partial charge is 0.261 e. The van der Waals surface area contributed by atoms with Gasteiger partial charge in [-0.15, -0.1) is 0 Å². The number of amides is 4. The lowest BCUT2D eigenvalue weighted by atomic mass is 10.1. The van der Waals surface area contributed by atoms with Crippen molar-refractivity contribution in [2.75, 3.05) is 25.0 Å². The van der Waals surface area contributed by atoms with E-state index in [1.165, 1.54) is 4.90 Å². The lowest BCUT2D eigenvalue weighted by molar-refractivity contribution is -0.129. The maximum Gasteiger partial charge on any atom is 0.261 e. The van der Waals surface area contributed by atoms with E-state index in [4.69, 9.17) is 0 Å². The standard InChI is InChI=1S/C24H25N3O4/c28-21(8-5-15-27-23(30)19-6-1-2-7-20(19)24(27)31)25-18-11-9-17(10-12-18)16-22(29)26-13-3-4-14-26/h1-2,6-7,9-12H,3-5,8,13-16H2,(H,25,28). The molecule has 4 amide bonds. The van der Waals surface area contributed by atoms with Crippen LogP contribution in [-0.2, 0) is 16.0 Å². The van der Waals surface area contributed by atoms with Crippen LogP contribution >= 0.6 is 0 Å². The lowest BCUT2D eigenvalue weighted by Crippen LogP contribution is -2.31. The van der Waals surface area contributed by atoms with Crippen molar-refractivity contribution in [2.45, 2.75) is 32.1 Å². The number of nitrogens with zero attached hydrogens (tertiary/aromatic N) is 2. The monoisotopic (exact) mass is 419 g/mol. The second-order valence-electron chi connectivity index (χ2n) is 7.92. The average molecular weight is 419 g/mol. The highest BCUT2D eigenvalue weighted by Crippen LogP contribution is 2.22. The highest BCUT2D eigenvalue weighted by atomic mass is 16.2. The Hall–Kier alpha value is -3.48. The SMILES string of the molecule is O=C(CCCN1C(=O)c2ccccc2C1=O)Nc1ccc(CC(=O)N2CCCC2)cc1. The Labute approximate surface area is 181 Å². The molecule has 160 valence electrons. The number of hydrogen-bond acceptors (Lipinski definition) is 4. The predicted octanol–water partition coefficient (Wildman–Crippen LogP) is 2.87. The summed E-state index contributed by atoms with van der Waals surface area (Å²) in [6.45, 7) is 1.89. The second-order valence-corrected chi connectivity index (χ2v) is 7.92. The Balaban J connectivity index is 1.23. The first-order valence-corrected chi connectivity index (χ1v) is 10.6. The van der Waals surface area contributed by atoms with Crippen molar-refractivity contribution >= 4 is 29.3 Å². The van der Waals surface area contributed by atoms with Gasteiger partial charge in [-0.1, -0.05) is 24.3 Å². The molecule has 0 bridgehead atoms. The summed E-state index contributed by atoms with van der Waals surface area (Å²) >= 11 is 0. The highest BCUT2D eigenvalue weighted by Gasteiger charge is 2.34. The minimum atomic E-state index is -0.305. The zero-order valence-electron chi connectivity index (χ0n) is 17.3. The normalized spacial score (nSPS) is 15.4. The molecule has 4 rings (SSSR count). The first-order chi connectivity index (χ1) is 15.0. The van der Waals surface area contributed by atoms with E-state index in [-0.39, 0.29) is 36.6 Å². The van der Waals surface area contributed by atoms with Crippen LogP contribution in [0.5, 0.6) is 0 Å². The Morgan fingerprint density at radius 1 is 0.871 bits per heavy atom. The minimum absolute atomic E-state index is 0.141. The van der Waals surface area contributed by atoms with E-state index in [2.05, 4.69) is 5.32 Å². The molecule has 2 aromatic carbocycles. The third-order valence-corrected chi connectivity index (χ3v) is 5.72. The molecule has 7 heteroatoms. The number of carbonyl (C=O) groups is 4. The molecule has 2 aliphatic rings. The van der Waals surface area contributed by atoms with E-state index in [0.29, 0.717) is 29.7 Å². The van der Waals surface area contributed by atoms with Gasteiger partial charge in [-0.3, -0.25) is 24.1 Å². The van der Waals surface area contributed by atoms with Crippen LogP contribution < -0.4 is 5.32 Å². The first kappa shape index (κ1) is 20.8. The van der Waals surface area contributed by atoms with Crippen molar-refractivity contribution in [3.8, 4) is 0 Å². The van der Waals surface area contributed by atoms with E-state index in [0.717, 1.165) is 31.5 Å². The summed E-state index contributed by atoms with van der Waals surface area (Å²) < 4.78 is 0. The van der Waals surface area contributed by atoms with Crippen LogP contribution in [0.15, 0.2) is 48.5 Å². The average Bonchev–Trinajstić information content (AvgIpc) is 3.39. The quantitative estimate of drug-likeness (QED) is 0.699. The summed E-state index contributed by atoms with van der Waals surface area (Å²) in [6.07, 6.45) is 3.10. The van der Waals surface area contributed by atoms with Crippen molar-refractivity contribution in [1.82, 2.24) is 9.80 Å². The summed E-state index contributed by atoms with van der Waals surface area (Å²) in [5, 5.41) is 2.82. The third-order valence-electron chi connectivity index (χ3n) is 5.72. The molecule has 1 N–H and O–H groups in total.